The van der Waals surface area contributed by atoms with Gasteiger partial charge in [-0.1, -0.05) is 27.7 Å². The van der Waals surface area contributed by atoms with Crippen molar-refractivity contribution in [3.05, 3.63) is 11.5 Å². The van der Waals surface area contributed by atoms with Crippen molar-refractivity contribution >= 4 is 27.5 Å². The predicted molar refractivity (Wildman–Crippen MR) is 46.5 cm³/mol. The Morgan fingerprint density at radius 3 is 3.00 bits per heavy atom. The molecule has 1 amide bonds. The molecule has 1 atom stereocenters. The molecule has 0 aliphatic carbocycles. The second-order valence-corrected chi connectivity index (χ2v) is 4.48. The summed E-state index contributed by atoms with van der Waals surface area (Å²) in [4.78, 5) is 10.3. The number of rotatable bonds is 3. The third kappa shape index (κ3) is 2.66. The molecule has 1 aliphatic heterocycles. The van der Waals surface area contributed by atoms with Crippen LogP contribution in [0.2, 0.25) is 0 Å². The number of carbonyl (C=O) groups is 1. The number of nitrogens with two attached hydrogens (primary N) is 1. The molecular weight excluding hydrogens is 166 g/mol. The molecule has 1 unspecified atom stereocenters. The van der Waals surface area contributed by atoms with E-state index in [-0.39, 0.29) is 5.91 Å². The van der Waals surface area contributed by atoms with Crippen molar-refractivity contribution in [2.45, 2.75) is 18.1 Å². The van der Waals surface area contributed by atoms with Crippen molar-refractivity contribution in [3.63, 3.8) is 0 Å². The number of carbonyl (C=O) groups excluding carboxylic acids is 1. The van der Waals surface area contributed by atoms with Gasteiger partial charge in [0.15, 0.2) is 0 Å². The highest BCUT2D eigenvalue weighted by molar-refractivity contribution is 8.78. The van der Waals surface area contributed by atoms with Crippen molar-refractivity contribution in [2.75, 3.05) is 0 Å². The lowest BCUT2D eigenvalue weighted by Gasteiger charge is -2.01. The average Bonchev–Trinajstić information content (AvgIpc) is 2.34. The van der Waals surface area contributed by atoms with Gasteiger partial charge in [0.05, 0.1) is 0 Å². The second-order valence-electron chi connectivity index (χ2n) is 2.06. The summed E-state index contributed by atoms with van der Waals surface area (Å²) in [6.07, 6.45) is 3.49. The molecule has 0 bridgehead atoms. The summed E-state index contributed by atoms with van der Waals surface area (Å²) in [5.74, 6) is -0.203. The van der Waals surface area contributed by atoms with E-state index in [0.717, 1.165) is 6.42 Å². The predicted octanol–water partition coefficient (Wildman–Crippen LogP) is 1.53. The Morgan fingerprint density at radius 2 is 2.50 bits per heavy atom. The van der Waals surface area contributed by atoms with E-state index >= 15 is 0 Å². The molecule has 0 saturated heterocycles. The summed E-state index contributed by atoms with van der Waals surface area (Å²) in [5.41, 5.74) is 4.99. The van der Waals surface area contributed by atoms with E-state index in [4.69, 9.17) is 5.73 Å². The topological polar surface area (TPSA) is 43.1 Å². The van der Waals surface area contributed by atoms with E-state index in [1.54, 1.807) is 21.6 Å². The second kappa shape index (κ2) is 3.93. The standard InChI is InChI=1S/C6H9NOS2/c7-6(8)2-1-5-3-4-9-10-5/h3-5H,1-2H2,(H2,7,8). The van der Waals surface area contributed by atoms with Crippen LogP contribution in [0.1, 0.15) is 12.8 Å². The summed E-state index contributed by atoms with van der Waals surface area (Å²) in [6, 6.07) is 0. The minimum absolute atomic E-state index is 0.203. The Hall–Kier alpha value is -0.0900. The molecule has 0 saturated carbocycles. The highest BCUT2D eigenvalue weighted by atomic mass is 33.1. The number of hydrogen-bond acceptors (Lipinski definition) is 3. The van der Waals surface area contributed by atoms with Crippen LogP contribution in [0.25, 0.3) is 0 Å². The highest BCUT2D eigenvalue weighted by Crippen LogP contribution is 2.37. The summed E-state index contributed by atoms with van der Waals surface area (Å²) in [5, 5.41) is 2.55. The molecule has 0 fully saturated rings. The van der Waals surface area contributed by atoms with E-state index in [0.29, 0.717) is 11.7 Å². The number of hydrogen-bond donors (Lipinski definition) is 1. The van der Waals surface area contributed by atoms with Crippen LogP contribution in [0.15, 0.2) is 11.5 Å². The fourth-order valence-corrected chi connectivity index (χ4v) is 2.90. The monoisotopic (exact) mass is 175 g/mol. The first kappa shape index (κ1) is 8.01. The first-order valence-electron chi connectivity index (χ1n) is 3.06. The molecule has 0 aromatic rings. The zero-order valence-electron chi connectivity index (χ0n) is 5.45. The van der Waals surface area contributed by atoms with Crippen LogP contribution >= 0.6 is 21.6 Å². The summed E-state index contributed by atoms with van der Waals surface area (Å²) in [6.45, 7) is 0. The van der Waals surface area contributed by atoms with E-state index in [2.05, 4.69) is 11.5 Å². The molecule has 0 spiro atoms. The zero-order valence-corrected chi connectivity index (χ0v) is 7.08. The molecule has 1 heterocycles. The van der Waals surface area contributed by atoms with Gasteiger partial charge in [-0.25, -0.2) is 0 Å². The molecule has 0 aromatic heterocycles. The van der Waals surface area contributed by atoms with Crippen molar-refractivity contribution in [3.8, 4) is 0 Å². The minimum Gasteiger partial charge on any atom is -0.370 e. The van der Waals surface area contributed by atoms with Crippen molar-refractivity contribution in [2.24, 2.45) is 5.73 Å². The fraction of sp³-hybridized carbons (Fsp3) is 0.500. The number of primary amides is 1. The molecule has 0 radical (unpaired) electrons. The van der Waals surface area contributed by atoms with Crippen LogP contribution in [0.4, 0.5) is 0 Å². The lowest BCUT2D eigenvalue weighted by atomic mass is 10.2. The van der Waals surface area contributed by atoms with Crippen LogP contribution in [0.3, 0.4) is 0 Å². The molecule has 2 nitrogen and oxygen atoms in total. The summed E-state index contributed by atoms with van der Waals surface area (Å²) >= 11 is 0. The first-order valence-corrected chi connectivity index (χ1v) is 5.34. The van der Waals surface area contributed by atoms with Crippen LogP contribution in [-0.4, -0.2) is 11.2 Å². The van der Waals surface area contributed by atoms with Crippen molar-refractivity contribution in [1.82, 2.24) is 0 Å². The Morgan fingerprint density at radius 1 is 1.70 bits per heavy atom. The highest BCUT2D eigenvalue weighted by Gasteiger charge is 2.10. The van der Waals surface area contributed by atoms with E-state index in [1.807, 2.05) is 0 Å². The van der Waals surface area contributed by atoms with E-state index in [9.17, 15) is 4.79 Å². The van der Waals surface area contributed by atoms with E-state index in [1.165, 1.54) is 0 Å². The Balaban J connectivity index is 2.13. The van der Waals surface area contributed by atoms with Gasteiger partial charge >= 0.3 is 0 Å². The van der Waals surface area contributed by atoms with Gasteiger partial charge in [-0.15, -0.1) is 0 Å². The molecule has 4 heteroatoms. The van der Waals surface area contributed by atoms with Gasteiger partial charge in [0.1, 0.15) is 0 Å². The minimum atomic E-state index is -0.203. The normalized spacial score (nSPS) is 23.4. The maximum Gasteiger partial charge on any atom is 0.217 e. The smallest absolute Gasteiger partial charge is 0.217 e. The van der Waals surface area contributed by atoms with Gasteiger partial charge in [0, 0.05) is 11.7 Å². The Labute approximate surface area is 68.0 Å². The lowest BCUT2D eigenvalue weighted by molar-refractivity contribution is -0.118. The summed E-state index contributed by atoms with van der Waals surface area (Å²) in [7, 11) is 3.50. The van der Waals surface area contributed by atoms with Crippen LogP contribution in [0, 0.1) is 0 Å². The molecular formula is C6H9NOS2. The van der Waals surface area contributed by atoms with Crippen LogP contribution in [-0.2, 0) is 4.79 Å². The van der Waals surface area contributed by atoms with Crippen molar-refractivity contribution in [1.29, 1.82) is 0 Å². The lowest BCUT2D eigenvalue weighted by Crippen LogP contribution is -2.12. The van der Waals surface area contributed by atoms with Crippen molar-refractivity contribution < 1.29 is 4.79 Å². The van der Waals surface area contributed by atoms with Gasteiger partial charge in [-0.3, -0.25) is 4.79 Å². The average molecular weight is 175 g/mol. The third-order valence-electron chi connectivity index (χ3n) is 1.20. The molecule has 0 aromatic carbocycles. The molecule has 10 heavy (non-hydrogen) atoms. The largest absolute Gasteiger partial charge is 0.370 e. The molecule has 56 valence electrons. The van der Waals surface area contributed by atoms with Crippen LogP contribution in [0.5, 0.6) is 0 Å². The Kier molecular flexibility index (Phi) is 3.15. The quantitative estimate of drug-likeness (QED) is 0.661. The molecule has 2 N–H and O–H groups in total. The maximum atomic E-state index is 10.3. The van der Waals surface area contributed by atoms with Gasteiger partial charge in [-0.05, 0) is 11.8 Å². The van der Waals surface area contributed by atoms with E-state index < -0.39 is 0 Å². The Bertz CT molecular complexity index is 158. The SMILES string of the molecule is NC(=O)CCC1C=CSS1. The number of amides is 1. The molecule has 1 rings (SSSR count). The van der Waals surface area contributed by atoms with Gasteiger partial charge < -0.3 is 5.73 Å². The third-order valence-corrected chi connectivity index (χ3v) is 3.63. The summed E-state index contributed by atoms with van der Waals surface area (Å²) < 4.78 is 0. The van der Waals surface area contributed by atoms with Crippen LogP contribution < -0.4 is 5.73 Å². The first-order chi connectivity index (χ1) is 4.79. The van der Waals surface area contributed by atoms with Gasteiger partial charge in [-0.2, -0.15) is 0 Å². The van der Waals surface area contributed by atoms with Gasteiger partial charge in [0.2, 0.25) is 5.91 Å². The zero-order chi connectivity index (χ0) is 7.40. The maximum absolute atomic E-state index is 10.3. The van der Waals surface area contributed by atoms with Gasteiger partial charge in [0.25, 0.3) is 0 Å². The fourth-order valence-electron chi connectivity index (χ4n) is 0.684. The molecule has 1 aliphatic rings.